The Morgan fingerprint density at radius 2 is 2.31 bits per heavy atom. The van der Waals surface area contributed by atoms with E-state index in [1.165, 1.54) is 0 Å². The van der Waals surface area contributed by atoms with Crippen molar-refractivity contribution in [2.45, 2.75) is 19.9 Å². The summed E-state index contributed by atoms with van der Waals surface area (Å²) in [6.45, 7) is 5.94. The third-order valence-corrected chi connectivity index (χ3v) is 2.47. The lowest BCUT2D eigenvalue weighted by Gasteiger charge is -2.20. The summed E-state index contributed by atoms with van der Waals surface area (Å²) in [5.41, 5.74) is 0. The largest absolute Gasteiger partial charge is 0.465 e. The van der Waals surface area contributed by atoms with Gasteiger partial charge in [-0.2, -0.15) is 0 Å². The molecule has 1 atom stereocenters. The van der Waals surface area contributed by atoms with Crippen LogP contribution in [-0.4, -0.2) is 26.3 Å². The van der Waals surface area contributed by atoms with E-state index in [4.69, 9.17) is 9.15 Å². The van der Waals surface area contributed by atoms with E-state index in [1.807, 2.05) is 18.2 Å². The molecular formula is C13H21NO2. The molecule has 0 spiro atoms. The highest BCUT2D eigenvalue weighted by atomic mass is 16.5. The van der Waals surface area contributed by atoms with Crippen LogP contribution in [0, 0.1) is 5.92 Å². The van der Waals surface area contributed by atoms with Gasteiger partial charge in [-0.3, -0.25) is 0 Å². The topological polar surface area (TPSA) is 34.4 Å². The molecule has 0 aliphatic heterocycles. The van der Waals surface area contributed by atoms with Crippen LogP contribution in [-0.2, 0) is 4.74 Å². The van der Waals surface area contributed by atoms with Crippen molar-refractivity contribution in [3.8, 4) is 0 Å². The van der Waals surface area contributed by atoms with Gasteiger partial charge in [-0.25, -0.2) is 0 Å². The van der Waals surface area contributed by atoms with Gasteiger partial charge >= 0.3 is 0 Å². The van der Waals surface area contributed by atoms with Crippen molar-refractivity contribution in [3.05, 3.63) is 30.2 Å². The van der Waals surface area contributed by atoms with E-state index in [2.05, 4.69) is 25.2 Å². The Kier molecular flexibility index (Phi) is 5.90. The predicted molar refractivity (Wildman–Crippen MR) is 66.2 cm³/mol. The zero-order valence-corrected chi connectivity index (χ0v) is 10.3. The van der Waals surface area contributed by atoms with Crippen LogP contribution in [0.1, 0.15) is 19.6 Å². The molecule has 1 N–H and O–H groups in total. The summed E-state index contributed by atoms with van der Waals surface area (Å²) in [5, 5.41) is 3.43. The van der Waals surface area contributed by atoms with Crippen LogP contribution in [0.2, 0.25) is 0 Å². The van der Waals surface area contributed by atoms with Crippen LogP contribution in [0.3, 0.4) is 0 Å². The second-order valence-electron chi connectivity index (χ2n) is 4.13. The number of hydrogen-bond donors (Lipinski definition) is 1. The van der Waals surface area contributed by atoms with E-state index in [0.29, 0.717) is 12.0 Å². The summed E-state index contributed by atoms with van der Waals surface area (Å²) in [7, 11) is 1.73. The highest BCUT2D eigenvalue weighted by Gasteiger charge is 2.10. The minimum atomic E-state index is 0.395. The van der Waals surface area contributed by atoms with E-state index in [0.717, 1.165) is 18.9 Å². The minimum absolute atomic E-state index is 0.395. The smallest absolute Gasteiger partial charge is 0.126 e. The summed E-state index contributed by atoms with van der Waals surface area (Å²) in [4.78, 5) is 0. The molecule has 3 nitrogen and oxygen atoms in total. The van der Waals surface area contributed by atoms with Crippen molar-refractivity contribution in [1.82, 2.24) is 5.32 Å². The Balaban J connectivity index is 2.27. The molecule has 1 rings (SSSR count). The SMILES string of the molecule is COCC(NC/C=C/c1ccco1)C(C)C. The highest BCUT2D eigenvalue weighted by molar-refractivity contribution is 5.42. The molecule has 1 aromatic rings. The molecular weight excluding hydrogens is 202 g/mol. The number of ether oxygens (including phenoxy) is 1. The molecule has 1 heterocycles. The van der Waals surface area contributed by atoms with Crippen molar-refractivity contribution >= 4 is 6.08 Å². The molecule has 16 heavy (non-hydrogen) atoms. The quantitative estimate of drug-likeness (QED) is 0.771. The van der Waals surface area contributed by atoms with Crippen LogP contribution in [0.4, 0.5) is 0 Å². The summed E-state index contributed by atoms with van der Waals surface area (Å²) < 4.78 is 10.4. The molecule has 90 valence electrons. The van der Waals surface area contributed by atoms with Gasteiger partial charge in [-0.1, -0.05) is 19.9 Å². The van der Waals surface area contributed by atoms with Gasteiger partial charge in [0.05, 0.1) is 12.9 Å². The molecule has 0 radical (unpaired) electrons. The molecule has 0 aliphatic carbocycles. The van der Waals surface area contributed by atoms with E-state index < -0.39 is 0 Å². The number of methoxy groups -OCH3 is 1. The molecule has 1 aromatic heterocycles. The first kappa shape index (κ1) is 13.0. The number of furan rings is 1. The van der Waals surface area contributed by atoms with Gasteiger partial charge in [0.25, 0.3) is 0 Å². The lowest BCUT2D eigenvalue weighted by atomic mass is 10.1. The van der Waals surface area contributed by atoms with Gasteiger partial charge in [0.15, 0.2) is 0 Å². The maximum atomic E-state index is 5.20. The van der Waals surface area contributed by atoms with E-state index >= 15 is 0 Å². The average molecular weight is 223 g/mol. The molecule has 0 bridgehead atoms. The normalized spacial score (nSPS) is 13.8. The fourth-order valence-electron chi connectivity index (χ4n) is 1.45. The number of hydrogen-bond acceptors (Lipinski definition) is 3. The van der Waals surface area contributed by atoms with Crippen LogP contribution in [0.5, 0.6) is 0 Å². The van der Waals surface area contributed by atoms with Gasteiger partial charge in [-0.05, 0) is 24.1 Å². The second kappa shape index (κ2) is 7.25. The lowest BCUT2D eigenvalue weighted by Crippen LogP contribution is -2.37. The zero-order valence-electron chi connectivity index (χ0n) is 10.3. The maximum absolute atomic E-state index is 5.20. The summed E-state index contributed by atoms with van der Waals surface area (Å²) in [6.07, 6.45) is 5.70. The predicted octanol–water partition coefficient (Wildman–Crippen LogP) is 2.55. The highest BCUT2D eigenvalue weighted by Crippen LogP contribution is 2.03. The molecule has 0 saturated heterocycles. The first-order valence-corrected chi connectivity index (χ1v) is 5.66. The Labute approximate surface area is 97.5 Å². The second-order valence-corrected chi connectivity index (χ2v) is 4.13. The summed E-state index contributed by atoms with van der Waals surface area (Å²) in [5.74, 6) is 1.45. The fraction of sp³-hybridized carbons (Fsp3) is 0.538. The van der Waals surface area contributed by atoms with Crippen molar-refractivity contribution in [2.75, 3.05) is 20.3 Å². The zero-order chi connectivity index (χ0) is 11.8. The Bertz CT molecular complexity index is 291. The van der Waals surface area contributed by atoms with Crippen LogP contribution >= 0.6 is 0 Å². The Morgan fingerprint density at radius 1 is 1.50 bits per heavy atom. The van der Waals surface area contributed by atoms with Gasteiger partial charge < -0.3 is 14.5 Å². The molecule has 1 unspecified atom stereocenters. The van der Waals surface area contributed by atoms with Gasteiger partial charge in [0.2, 0.25) is 0 Å². The first-order chi connectivity index (χ1) is 7.74. The van der Waals surface area contributed by atoms with Crippen molar-refractivity contribution in [3.63, 3.8) is 0 Å². The summed E-state index contributed by atoms with van der Waals surface area (Å²) in [6, 6.07) is 4.21. The molecule has 0 amide bonds. The van der Waals surface area contributed by atoms with Crippen LogP contribution in [0.15, 0.2) is 28.9 Å². The Hall–Kier alpha value is -1.06. The van der Waals surface area contributed by atoms with Gasteiger partial charge in [0.1, 0.15) is 5.76 Å². The fourth-order valence-corrected chi connectivity index (χ4v) is 1.45. The number of rotatable bonds is 7. The molecule has 0 saturated carbocycles. The van der Waals surface area contributed by atoms with Gasteiger partial charge in [-0.15, -0.1) is 0 Å². The standard InChI is InChI=1S/C13H21NO2/c1-11(2)13(10-15-3)14-8-4-6-12-7-5-9-16-12/h4-7,9,11,13-14H,8,10H2,1-3H3/b6-4+. The maximum Gasteiger partial charge on any atom is 0.126 e. The molecule has 0 aliphatic rings. The molecule has 3 heteroatoms. The lowest BCUT2D eigenvalue weighted by molar-refractivity contribution is 0.149. The average Bonchev–Trinajstić information content (AvgIpc) is 2.75. The van der Waals surface area contributed by atoms with Crippen LogP contribution in [0.25, 0.3) is 6.08 Å². The van der Waals surface area contributed by atoms with Crippen LogP contribution < -0.4 is 5.32 Å². The van der Waals surface area contributed by atoms with Crippen molar-refractivity contribution in [1.29, 1.82) is 0 Å². The summed E-state index contributed by atoms with van der Waals surface area (Å²) >= 11 is 0. The first-order valence-electron chi connectivity index (χ1n) is 5.66. The van der Waals surface area contributed by atoms with Gasteiger partial charge in [0, 0.05) is 19.7 Å². The van der Waals surface area contributed by atoms with E-state index in [-0.39, 0.29) is 0 Å². The third kappa shape index (κ3) is 4.64. The molecule has 0 fully saturated rings. The molecule has 0 aromatic carbocycles. The van der Waals surface area contributed by atoms with Crippen molar-refractivity contribution < 1.29 is 9.15 Å². The third-order valence-electron chi connectivity index (χ3n) is 2.47. The number of nitrogens with one attached hydrogen (secondary N) is 1. The van der Waals surface area contributed by atoms with E-state index in [9.17, 15) is 0 Å². The minimum Gasteiger partial charge on any atom is -0.465 e. The Morgan fingerprint density at radius 3 is 2.88 bits per heavy atom. The monoisotopic (exact) mass is 223 g/mol. The van der Waals surface area contributed by atoms with Crippen molar-refractivity contribution in [2.24, 2.45) is 5.92 Å². The van der Waals surface area contributed by atoms with E-state index in [1.54, 1.807) is 13.4 Å².